The van der Waals surface area contributed by atoms with Gasteiger partial charge in [-0.25, -0.2) is 9.37 Å². The molecular formula is C10H11FN4. The minimum absolute atomic E-state index is 0.290. The highest BCUT2D eigenvalue weighted by Crippen LogP contribution is 2.11. The number of rotatable bonds is 3. The molecule has 4 nitrogen and oxygen atoms in total. The molecule has 0 saturated carbocycles. The molecule has 0 unspecified atom stereocenters. The fourth-order valence-corrected chi connectivity index (χ4v) is 1.30. The van der Waals surface area contributed by atoms with Gasteiger partial charge >= 0.3 is 0 Å². The lowest BCUT2D eigenvalue weighted by atomic mass is 10.3. The van der Waals surface area contributed by atoms with E-state index in [2.05, 4.69) is 20.5 Å². The van der Waals surface area contributed by atoms with Gasteiger partial charge in [0, 0.05) is 13.0 Å². The van der Waals surface area contributed by atoms with Gasteiger partial charge in [-0.15, -0.1) is 10.2 Å². The van der Waals surface area contributed by atoms with E-state index in [1.807, 2.05) is 7.05 Å². The number of fused-ring (bicyclic) bond motifs is 1. The van der Waals surface area contributed by atoms with Crippen molar-refractivity contribution in [2.24, 2.45) is 0 Å². The number of nitrogens with one attached hydrogen (secondary N) is 1. The number of aromatic nitrogens is 3. The summed E-state index contributed by atoms with van der Waals surface area (Å²) in [6.45, 7) is 0.752. The van der Waals surface area contributed by atoms with Crippen LogP contribution in [0.2, 0.25) is 0 Å². The van der Waals surface area contributed by atoms with Gasteiger partial charge in [0.25, 0.3) is 0 Å². The van der Waals surface area contributed by atoms with Crippen LogP contribution in [0.4, 0.5) is 4.39 Å². The van der Waals surface area contributed by atoms with E-state index in [9.17, 15) is 4.39 Å². The first kappa shape index (κ1) is 9.92. The second kappa shape index (κ2) is 4.27. The summed E-state index contributed by atoms with van der Waals surface area (Å²) in [5.74, 6) is 0.204. The van der Waals surface area contributed by atoms with Crippen LogP contribution in [0.3, 0.4) is 0 Å². The predicted molar refractivity (Wildman–Crippen MR) is 54.9 cm³/mol. The Morgan fingerprint density at radius 2 is 2.20 bits per heavy atom. The quantitative estimate of drug-likeness (QED) is 0.811. The summed E-state index contributed by atoms with van der Waals surface area (Å²) in [6, 6.07) is 4.67. The van der Waals surface area contributed by atoms with E-state index in [1.165, 1.54) is 6.07 Å². The van der Waals surface area contributed by atoms with Crippen molar-refractivity contribution < 1.29 is 4.39 Å². The molecule has 2 aromatic rings. The maximum atomic E-state index is 13.3. The van der Waals surface area contributed by atoms with Crippen molar-refractivity contribution in [1.29, 1.82) is 0 Å². The van der Waals surface area contributed by atoms with Gasteiger partial charge in [-0.3, -0.25) is 0 Å². The fraction of sp³-hybridized carbons (Fsp3) is 0.300. The van der Waals surface area contributed by atoms with Crippen molar-refractivity contribution in [2.45, 2.75) is 6.42 Å². The number of nitrogens with zero attached hydrogens (tertiary/aromatic N) is 3. The Kier molecular flexibility index (Phi) is 2.82. The number of benzene rings is 1. The number of para-hydroxylation sites is 1. The zero-order valence-electron chi connectivity index (χ0n) is 8.37. The molecule has 0 aliphatic rings. The van der Waals surface area contributed by atoms with Gasteiger partial charge in [-0.2, -0.15) is 0 Å². The van der Waals surface area contributed by atoms with Crippen LogP contribution in [0.15, 0.2) is 18.2 Å². The maximum absolute atomic E-state index is 13.3. The van der Waals surface area contributed by atoms with Gasteiger partial charge in [0.15, 0.2) is 11.6 Å². The third-order valence-corrected chi connectivity index (χ3v) is 2.08. The molecule has 0 saturated heterocycles. The second-order valence-electron chi connectivity index (χ2n) is 3.19. The first-order valence-corrected chi connectivity index (χ1v) is 4.73. The molecule has 0 fully saturated rings. The average molecular weight is 206 g/mol. The van der Waals surface area contributed by atoms with Crippen LogP contribution in [-0.4, -0.2) is 28.8 Å². The summed E-state index contributed by atoms with van der Waals surface area (Å²) in [5, 5.41) is 10.8. The molecule has 78 valence electrons. The molecule has 0 spiro atoms. The van der Waals surface area contributed by atoms with Gasteiger partial charge in [-0.05, 0) is 19.2 Å². The van der Waals surface area contributed by atoms with Crippen molar-refractivity contribution >= 4 is 11.0 Å². The first-order valence-electron chi connectivity index (χ1n) is 4.73. The Labute approximate surface area is 86.6 Å². The van der Waals surface area contributed by atoms with E-state index in [0.29, 0.717) is 23.3 Å². The molecular weight excluding hydrogens is 195 g/mol. The van der Waals surface area contributed by atoms with Gasteiger partial charge in [0.2, 0.25) is 0 Å². The SMILES string of the molecule is CNCCc1nnc2cccc(F)c2n1. The summed E-state index contributed by atoms with van der Waals surface area (Å²) in [4.78, 5) is 4.12. The minimum Gasteiger partial charge on any atom is -0.319 e. The molecule has 1 aromatic carbocycles. The van der Waals surface area contributed by atoms with Crippen LogP contribution < -0.4 is 5.32 Å². The summed E-state index contributed by atoms with van der Waals surface area (Å²) in [7, 11) is 1.84. The van der Waals surface area contributed by atoms with Gasteiger partial charge in [0.05, 0.1) is 0 Å². The number of hydrogen-bond acceptors (Lipinski definition) is 4. The van der Waals surface area contributed by atoms with E-state index in [4.69, 9.17) is 0 Å². The van der Waals surface area contributed by atoms with E-state index in [0.717, 1.165) is 6.54 Å². The molecule has 0 bridgehead atoms. The van der Waals surface area contributed by atoms with Crippen molar-refractivity contribution in [3.8, 4) is 0 Å². The van der Waals surface area contributed by atoms with Crippen LogP contribution in [0.5, 0.6) is 0 Å². The van der Waals surface area contributed by atoms with E-state index >= 15 is 0 Å². The monoisotopic (exact) mass is 206 g/mol. The van der Waals surface area contributed by atoms with E-state index < -0.39 is 0 Å². The molecule has 5 heteroatoms. The molecule has 1 heterocycles. The van der Waals surface area contributed by atoms with Crippen LogP contribution >= 0.6 is 0 Å². The lowest BCUT2D eigenvalue weighted by molar-refractivity contribution is 0.633. The summed E-state index contributed by atoms with van der Waals surface area (Å²) in [5.41, 5.74) is 0.779. The Morgan fingerprint density at radius 3 is 3.00 bits per heavy atom. The zero-order valence-corrected chi connectivity index (χ0v) is 8.37. The van der Waals surface area contributed by atoms with Crippen molar-refractivity contribution in [3.63, 3.8) is 0 Å². The molecule has 0 atom stereocenters. The average Bonchev–Trinajstić information content (AvgIpc) is 2.27. The Morgan fingerprint density at radius 1 is 1.33 bits per heavy atom. The zero-order chi connectivity index (χ0) is 10.7. The van der Waals surface area contributed by atoms with Gasteiger partial charge in [-0.1, -0.05) is 6.07 Å². The Hall–Kier alpha value is -1.62. The standard InChI is InChI=1S/C10H11FN4/c1-12-6-5-9-13-10-7(11)3-2-4-8(10)14-15-9/h2-4,12H,5-6H2,1H3. The van der Waals surface area contributed by atoms with E-state index in [1.54, 1.807) is 12.1 Å². The van der Waals surface area contributed by atoms with Crippen LogP contribution in [0.1, 0.15) is 5.82 Å². The third-order valence-electron chi connectivity index (χ3n) is 2.08. The number of hydrogen-bond donors (Lipinski definition) is 1. The molecule has 0 amide bonds. The molecule has 1 N–H and O–H groups in total. The van der Waals surface area contributed by atoms with Crippen LogP contribution in [0, 0.1) is 5.82 Å². The largest absolute Gasteiger partial charge is 0.319 e. The maximum Gasteiger partial charge on any atom is 0.153 e. The normalized spacial score (nSPS) is 10.8. The minimum atomic E-state index is -0.354. The van der Waals surface area contributed by atoms with Gasteiger partial charge < -0.3 is 5.32 Å². The third kappa shape index (κ3) is 2.07. The topological polar surface area (TPSA) is 50.7 Å². The highest BCUT2D eigenvalue weighted by atomic mass is 19.1. The van der Waals surface area contributed by atoms with Gasteiger partial charge in [0.1, 0.15) is 11.0 Å². The molecule has 15 heavy (non-hydrogen) atoms. The van der Waals surface area contributed by atoms with Crippen molar-refractivity contribution in [2.75, 3.05) is 13.6 Å². The summed E-state index contributed by atoms with van der Waals surface area (Å²) < 4.78 is 13.3. The first-order chi connectivity index (χ1) is 7.31. The number of halogens is 1. The lowest BCUT2D eigenvalue weighted by Crippen LogP contribution is -2.13. The highest BCUT2D eigenvalue weighted by Gasteiger charge is 2.05. The fourth-order valence-electron chi connectivity index (χ4n) is 1.30. The summed E-state index contributed by atoms with van der Waals surface area (Å²) >= 11 is 0. The highest BCUT2D eigenvalue weighted by molar-refractivity contribution is 5.73. The molecule has 0 aliphatic carbocycles. The predicted octanol–water partition coefficient (Wildman–Crippen LogP) is 0.926. The smallest absolute Gasteiger partial charge is 0.153 e. The van der Waals surface area contributed by atoms with Crippen molar-refractivity contribution in [3.05, 3.63) is 29.8 Å². The number of likely N-dealkylation sites (N-methyl/N-ethyl adjacent to an activating group) is 1. The molecule has 1 aromatic heterocycles. The van der Waals surface area contributed by atoms with Crippen molar-refractivity contribution in [1.82, 2.24) is 20.5 Å². The second-order valence-corrected chi connectivity index (χ2v) is 3.19. The Balaban J connectivity index is 2.41. The lowest BCUT2D eigenvalue weighted by Gasteiger charge is -2.00. The van der Waals surface area contributed by atoms with Crippen LogP contribution in [-0.2, 0) is 6.42 Å². The molecule has 0 radical (unpaired) electrons. The molecule has 0 aliphatic heterocycles. The van der Waals surface area contributed by atoms with Crippen LogP contribution in [0.25, 0.3) is 11.0 Å². The summed E-state index contributed by atoms with van der Waals surface area (Å²) in [6.07, 6.45) is 0.647. The Bertz CT molecular complexity index is 472. The molecule has 2 rings (SSSR count). The van der Waals surface area contributed by atoms with E-state index in [-0.39, 0.29) is 5.82 Å².